The van der Waals surface area contributed by atoms with Crippen molar-refractivity contribution in [2.45, 2.75) is 64.1 Å². The maximum absolute atomic E-state index is 14.1. The molecule has 0 heterocycles. The van der Waals surface area contributed by atoms with Crippen LogP contribution in [-0.2, 0) is 26.2 Å². The Hall–Kier alpha value is -3.07. The number of benzene rings is 3. The quantitative estimate of drug-likeness (QED) is 0.266. The fourth-order valence-corrected chi connectivity index (χ4v) is 5.97. The number of rotatable bonds is 12. The lowest BCUT2D eigenvalue weighted by molar-refractivity contribution is -0.140. The molecule has 0 unspecified atom stereocenters. The number of aryl methyl sites for hydroxylation is 1. The van der Waals surface area contributed by atoms with Crippen LogP contribution in [0.25, 0.3) is 0 Å². The van der Waals surface area contributed by atoms with Gasteiger partial charge in [0, 0.05) is 12.6 Å². The smallest absolute Gasteiger partial charge is 0.264 e. The number of anilines is 1. The van der Waals surface area contributed by atoms with Crippen LogP contribution in [0.5, 0.6) is 0 Å². The molecule has 2 amide bonds. The molecule has 0 saturated carbocycles. The van der Waals surface area contributed by atoms with Gasteiger partial charge in [-0.25, -0.2) is 8.42 Å². The van der Waals surface area contributed by atoms with Crippen molar-refractivity contribution in [2.75, 3.05) is 10.8 Å². The number of sulfonamides is 1. The van der Waals surface area contributed by atoms with Crippen molar-refractivity contribution in [3.05, 3.63) is 94.0 Å². The van der Waals surface area contributed by atoms with Crippen LogP contribution in [0.4, 0.5) is 5.69 Å². The van der Waals surface area contributed by atoms with E-state index in [1.807, 2.05) is 33.8 Å². The average molecular weight is 605 g/mol. The summed E-state index contributed by atoms with van der Waals surface area (Å²) in [4.78, 5) is 28.9. The standard InChI is InChI=1S/C30H35Cl2N3O4S/c1-5-22(4)33-30(37)28(6-2)34(19-23-15-16-26(31)27(32)18-23)29(36)20-35(24-12-10-11-21(3)17-24)40(38,39)25-13-8-7-9-14-25/h7-18,22,28H,5-6,19-20H2,1-4H3,(H,33,37)/t22-,28-/m0/s1. The Kier molecular flexibility index (Phi) is 11.0. The highest BCUT2D eigenvalue weighted by atomic mass is 35.5. The van der Waals surface area contributed by atoms with Gasteiger partial charge in [0.25, 0.3) is 10.0 Å². The van der Waals surface area contributed by atoms with Crippen molar-refractivity contribution in [1.29, 1.82) is 0 Å². The molecule has 3 rings (SSSR count). The normalized spacial score (nSPS) is 12.8. The molecule has 2 atom stereocenters. The van der Waals surface area contributed by atoms with Crippen LogP contribution >= 0.6 is 23.2 Å². The van der Waals surface area contributed by atoms with E-state index < -0.39 is 28.5 Å². The molecule has 7 nitrogen and oxygen atoms in total. The maximum atomic E-state index is 14.1. The molecule has 3 aromatic rings. The fraction of sp³-hybridized carbons (Fsp3) is 0.333. The van der Waals surface area contributed by atoms with Crippen LogP contribution in [0.2, 0.25) is 10.0 Å². The summed E-state index contributed by atoms with van der Waals surface area (Å²) in [6.45, 7) is 7.04. The maximum Gasteiger partial charge on any atom is 0.264 e. The number of amides is 2. The van der Waals surface area contributed by atoms with Gasteiger partial charge in [0.05, 0.1) is 20.6 Å². The van der Waals surface area contributed by atoms with Crippen molar-refractivity contribution >= 4 is 50.7 Å². The van der Waals surface area contributed by atoms with Gasteiger partial charge in [0.15, 0.2) is 0 Å². The van der Waals surface area contributed by atoms with E-state index >= 15 is 0 Å². The molecule has 40 heavy (non-hydrogen) atoms. The molecule has 0 aromatic heterocycles. The van der Waals surface area contributed by atoms with Crippen LogP contribution in [0, 0.1) is 6.92 Å². The fourth-order valence-electron chi connectivity index (χ4n) is 4.23. The van der Waals surface area contributed by atoms with Gasteiger partial charge in [-0.15, -0.1) is 0 Å². The second-order valence-electron chi connectivity index (χ2n) is 9.68. The van der Waals surface area contributed by atoms with Crippen molar-refractivity contribution in [3.8, 4) is 0 Å². The zero-order valence-corrected chi connectivity index (χ0v) is 25.4. The van der Waals surface area contributed by atoms with E-state index in [0.29, 0.717) is 27.7 Å². The first kappa shape index (κ1) is 31.5. The topological polar surface area (TPSA) is 86.8 Å². The van der Waals surface area contributed by atoms with Crippen molar-refractivity contribution in [3.63, 3.8) is 0 Å². The summed E-state index contributed by atoms with van der Waals surface area (Å²) < 4.78 is 28.8. The Morgan fingerprint density at radius 2 is 1.60 bits per heavy atom. The largest absolute Gasteiger partial charge is 0.352 e. The summed E-state index contributed by atoms with van der Waals surface area (Å²) in [5.74, 6) is -0.837. The van der Waals surface area contributed by atoms with Crippen LogP contribution < -0.4 is 9.62 Å². The van der Waals surface area contributed by atoms with E-state index in [-0.39, 0.29) is 23.4 Å². The SMILES string of the molecule is CC[C@H](C)NC(=O)[C@H](CC)N(Cc1ccc(Cl)c(Cl)c1)C(=O)CN(c1cccc(C)c1)S(=O)(=O)c1ccccc1. The van der Waals surface area contributed by atoms with Gasteiger partial charge in [-0.1, -0.05) is 73.4 Å². The van der Waals surface area contributed by atoms with E-state index in [2.05, 4.69) is 5.32 Å². The van der Waals surface area contributed by atoms with Crippen molar-refractivity contribution < 1.29 is 18.0 Å². The first-order chi connectivity index (χ1) is 19.0. The third-order valence-corrected chi connectivity index (χ3v) is 9.15. The summed E-state index contributed by atoms with van der Waals surface area (Å²) in [7, 11) is -4.11. The summed E-state index contributed by atoms with van der Waals surface area (Å²) >= 11 is 12.3. The first-order valence-electron chi connectivity index (χ1n) is 13.2. The Labute approximate surface area is 247 Å². The number of hydrogen-bond acceptors (Lipinski definition) is 4. The molecule has 10 heteroatoms. The van der Waals surface area contributed by atoms with Crippen molar-refractivity contribution in [1.82, 2.24) is 10.2 Å². The third kappa shape index (κ3) is 7.77. The number of carbonyl (C=O) groups is 2. The van der Waals surface area contributed by atoms with Crippen LogP contribution in [0.3, 0.4) is 0 Å². The Balaban J connectivity index is 2.07. The number of halogens is 2. The molecule has 0 saturated heterocycles. The molecule has 0 aliphatic carbocycles. The molecule has 0 fully saturated rings. The minimum absolute atomic E-state index is 0.0369. The molecular weight excluding hydrogens is 569 g/mol. The van der Waals surface area contributed by atoms with Gasteiger partial charge in [-0.05, 0) is 74.2 Å². The Bertz CT molecular complexity index is 1430. The van der Waals surface area contributed by atoms with Gasteiger partial charge in [0.1, 0.15) is 12.6 Å². The molecule has 214 valence electrons. The summed E-state index contributed by atoms with van der Waals surface area (Å²) in [5, 5.41) is 3.64. The summed E-state index contributed by atoms with van der Waals surface area (Å²) in [6, 6.07) is 19.0. The highest BCUT2D eigenvalue weighted by Gasteiger charge is 2.34. The van der Waals surface area contributed by atoms with Gasteiger partial charge < -0.3 is 10.2 Å². The molecule has 0 bridgehead atoms. The lowest BCUT2D eigenvalue weighted by Crippen LogP contribution is -2.53. The van der Waals surface area contributed by atoms with Gasteiger partial charge >= 0.3 is 0 Å². The predicted octanol–water partition coefficient (Wildman–Crippen LogP) is 6.22. The van der Waals surface area contributed by atoms with E-state index in [9.17, 15) is 18.0 Å². The molecule has 0 aliphatic rings. The third-order valence-electron chi connectivity index (χ3n) is 6.62. The molecule has 0 aliphatic heterocycles. The van der Waals surface area contributed by atoms with Gasteiger partial charge in [-0.2, -0.15) is 0 Å². The van der Waals surface area contributed by atoms with Crippen LogP contribution in [0.1, 0.15) is 44.7 Å². The predicted molar refractivity (Wildman–Crippen MR) is 161 cm³/mol. The Morgan fingerprint density at radius 1 is 0.900 bits per heavy atom. The minimum Gasteiger partial charge on any atom is -0.352 e. The molecule has 0 spiro atoms. The first-order valence-corrected chi connectivity index (χ1v) is 15.4. The van der Waals surface area contributed by atoms with E-state index in [0.717, 1.165) is 16.3 Å². The average Bonchev–Trinajstić information content (AvgIpc) is 2.93. The van der Waals surface area contributed by atoms with Gasteiger partial charge in [0.2, 0.25) is 11.8 Å². The van der Waals surface area contributed by atoms with Crippen LogP contribution in [-0.4, -0.2) is 43.8 Å². The minimum atomic E-state index is -4.11. The second kappa shape index (κ2) is 14.0. The number of nitrogens with zero attached hydrogens (tertiary/aromatic N) is 2. The van der Waals surface area contributed by atoms with E-state index in [4.69, 9.17) is 23.2 Å². The molecule has 1 N–H and O–H groups in total. The number of nitrogens with one attached hydrogen (secondary N) is 1. The molecule has 0 radical (unpaired) electrons. The van der Waals surface area contributed by atoms with Crippen molar-refractivity contribution in [2.24, 2.45) is 0 Å². The lowest BCUT2D eigenvalue weighted by Gasteiger charge is -2.34. The summed E-state index contributed by atoms with van der Waals surface area (Å²) in [6.07, 6.45) is 1.05. The highest BCUT2D eigenvalue weighted by molar-refractivity contribution is 7.92. The Morgan fingerprint density at radius 3 is 2.20 bits per heavy atom. The van der Waals surface area contributed by atoms with Gasteiger partial charge in [-0.3, -0.25) is 13.9 Å². The van der Waals surface area contributed by atoms with Crippen LogP contribution in [0.15, 0.2) is 77.7 Å². The monoisotopic (exact) mass is 603 g/mol. The molecule has 3 aromatic carbocycles. The number of hydrogen-bond donors (Lipinski definition) is 1. The summed E-state index contributed by atoms with van der Waals surface area (Å²) in [5.41, 5.74) is 1.85. The zero-order valence-electron chi connectivity index (χ0n) is 23.1. The highest BCUT2D eigenvalue weighted by Crippen LogP contribution is 2.27. The second-order valence-corrected chi connectivity index (χ2v) is 12.4. The zero-order chi connectivity index (χ0) is 29.4. The van der Waals surface area contributed by atoms with E-state index in [1.165, 1.54) is 17.0 Å². The lowest BCUT2D eigenvalue weighted by atomic mass is 10.1. The molecular formula is C30H35Cl2N3O4S. The number of carbonyl (C=O) groups excluding carboxylic acids is 2. The van der Waals surface area contributed by atoms with E-state index in [1.54, 1.807) is 54.6 Å².